The molecule has 1 N–H and O–H groups in total. The highest BCUT2D eigenvalue weighted by molar-refractivity contribution is 5.81. The molecule has 8 heteroatoms. The van der Waals surface area contributed by atoms with Gasteiger partial charge in [0.2, 0.25) is 5.91 Å². The summed E-state index contributed by atoms with van der Waals surface area (Å²) >= 11 is 0. The van der Waals surface area contributed by atoms with Crippen molar-refractivity contribution < 1.29 is 32.6 Å². The second-order valence-corrected chi connectivity index (χ2v) is 5.38. The van der Waals surface area contributed by atoms with E-state index in [0.29, 0.717) is 11.3 Å². The van der Waals surface area contributed by atoms with Crippen molar-refractivity contribution in [1.29, 1.82) is 0 Å². The highest BCUT2D eigenvalue weighted by atomic mass is 19.4. The second kappa shape index (κ2) is 6.47. The number of para-hydroxylation sites is 1. The molecule has 1 aliphatic heterocycles. The summed E-state index contributed by atoms with van der Waals surface area (Å²) in [7, 11) is 1.43. The summed E-state index contributed by atoms with van der Waals surface area (Å²) < 4.78 is 43.9. The Labute approximate surface area is 130 Å². The van der Waals surface area contributed by atoms with Crippen LogP contribution in [0.5, 0.6) is 5.75 Å². The van der Waals surface area contributed by atoms with Crippen LogP contribution in [0.1, 0.15) is 5.56 Å². The van der Waals surface area contributed by atoms with Crippen LogP contribution >= 0.6 is 0 Å². The molecule has 0 aromatic heterocycles. The number of amides is 1. The number of carboxylic acids is 1. The van der Waals surface area contributed by atoms with Gasteiger partial charge in [0.25, 0.3) is 0 Å². The molecule has 126 valence electrons. The van der Waals surface area contributed by atoms with E-state index in [1.807, 2.05) is 0 Å². The van der Waals surface area contributed by atoms with Gasteiger partial charge in [0.15, 0.2) is 0 Å². The van der Waals surface area contributed by atoms with Crippen molar-refractivity contribution in [2.75, 3.05) is 20.2 Å². The van der Waals surface area contributed by atoms with Gasteiger partial charge in [-0.2, -0.15) is 13.2 Å². The molecule has 2 atom stereocenters. The van der Waals surface area contributed by atoms with E-state index in [1.54, 1.807) is 24.3 Å². The smallest absolute Gasteiger partial charge is 0.394 e. The van der Waals surface area contributed by atoms with Crippen LogP contribution < -0.4 is 4.74 Å². The van der Waals surface area contributed by atoms with E-state index in [-0.39, 0.29) is 6.42 Å². The Morgan fingerprint density at radius 2 is 1.96 bits per heavy atom. The molecule has 1 aliphatic rings. The first-order valence-corrected chi connectivity index (χ1v) is 6.93. The van der Waals surface area contributed by atoms with Gasteiger partial charge >= 0.3 is 12.1 Å². The molecule has 1 heterocycles. The molecule has 1 aromatic rings. The lowest BCUT2D eigenvalue weighted by atomic mass is 9.96. The molecule has 0 saturated carbocycles. The lowest BCUT2D eigenvalue weighted by molar-refractivity contribution is -0.188. The number of carbonyl (C=O) groups excluding carboxylic acids is 1. The Balaban J connectivity index is 2.13. The SMILES string of the molecule is COc1ccccc1CC(=O)N1C[C@@H](C(F)(F)F)[C@H](C(=O)O)C1. The Morgan fingerprint density at radius 1 is 1.30 bits per heavy atom. The first-order valence-electron chi connectivity index (χ1n) is 6.93. The quantitative estimate of drug-likeness (QED) is 0.916. The van der Waals surface area contributed by atoms with Crippen LogP contribution in [0.15, 0.2) is 24.3 Å². The van der Waals surface area contributed by atoms with Gasteiger partial charge < -0.3 is 14.7 Å². The summed E-state index contributed by atoms with van der Waals surface area (Å²) in [4.78, 5) is 24.2. The minimum atomic E-state index is -4.65. The molecule has 2 rings (SSSR count). The first kappa shape index (κ1) is 17.1. The van der Waals surface area contributed by atoms with Crippen molar-refractivity contribution in [2.24, 2.45) is 11.8 Å². The van der Waals surface area contributed by atoms with Gasteiger partial charge in [0, 0.05) is 18.7 Å². The highest BCUT2D eigenvalue weighted by Gasteiger charge is 2.53. The molecule has 0 spiro atoms. The number of aliphatic carboxylic acids is 1. The molecule has 0 bridgehead atoms. The van der Waals surface area contributed by atoms with Crippen molar-refractivity contribution in [3.8, 4) is 5.75 Å². The fourth-order valence-electron chi connectivity index (χ4n) is 2.71. The van der Waals surface area contributed by atoms with Crippen LogP contribution in [0, 0.1) is 11.8 Å². The fraction of sp³-hybridized carbons (Fsp3) is 0.467. The van der Waals surface area contributed by atoms with E-state index in [1.165, 1.54) is 7.11 Å². The number of hydrogen-bond acceptors (Lipinski definition) is 3. The average molecular weight is 331 g/mol. The van der Waals surface area contributed by atoms with Gasteiger partial charge in [0.05, 0.1) is 25.4 Å². The molecule has 1 fully saturated rings. The van der Waals surface area contributed by atoms with Crippen LogP contribution in [0.25, 0.3) is 0 Å². The topological polar surface area (TPSA) is 66.8 Å². The third kappa shape index (κ3) is 3.75. The summed E-state index contributed by atoms with van der Waals surface area (Å²) in [5, 5.41) is 8.96. The van der Waals surface area contributed by atoms with Crippen LogP contribution in [0.4, 0.5) is 13.2 Å². The Kier molecular flexibility index (Phi) is 4.82. The normalized spacial score (nSPS) is 21.3. The first-order chi connectivity index (χ1) is 10.7. The zero-order chi connectivity index (χ0) is 17.2. The van der Waals surface area contributed by atoms with Gasteiger partial charge in [-0.15, -0.1) is 0 Å². The van der Waals surface area contributed by atoms with Gasteiger partial charge in [-0.3, -0.25) is 9.59 Å². The summed E-state index contributed by atoms with van der Waals surface area (Å²) in [5.74, 6) is -5.30. The molecule has 1 amide bonds. The molecule has 23 heavy (non-hydrogen) atoms. The predicted molar refractivity (Wildman–Crippen MR) is 73.9 cm³/mol. The maximum Gasteiger partial charge on any atom is 0.394 e. The summed E-state index contributed by atoms with van der Waals surface area (Å²) in [5.41, 5.74) is 0.544. The monoisotopic (exact) mass is 331 g/mol. The lowest BCUT2D eigenvalue weighted by Crippen LogP contribution is -2.34. The Hall–Kier alpha value is -2.25. The van der Waals surface area contributed by atoms with Gasteiger partial charge in [-0.25, -0.2) is 0 Å². The van der Waals surface area contributed by atoms with Crippen LogP contribution in [-0.2, 0) is 16.0 Å². The molecular formula is C15H16F3NO4. The molecule has 0 radical (unpaired) electrons. The molecule has 1 aromatic carbocycles. The summed E-state index contributed by atoms with van der Waals surface area (Å²) in [6, 6.07) is 6.68. The Morgan fingerprint density at radius 3 is 2.48 bits per heavy atom. The fourth-order valence-corrected chi connectivity index (χ4v) is 2.71. The van der Waals surface area contributed by atoms with Crippen LogP contribution in [0.2, 0.25) is 0 Å². The number of alkyl halides is 3. The predicted octanol–water partition coefficient (Wildman–Crippen LogP) is 1.96. The standard InChI is InChI=1S/C15H16F3NO4/c1-23-12-5-3-2-4-9(12)6-13(20)19-7-10(14(21)22)11(8-19)15(16,17)18/h2-5,10-11H,6-8H2,1H3,(H,21,22)/t10-,11-/m1/s1. The van der Waals surface area contributed by atoms with E-state index in [0.717, 1.165) is 4.90 Å². The average Bonchev–Trinajstić information content (AvgIpc) is 2.93. The number of likely N-dealkylation sites (tertiary alicyclic amines) is 1. The number of halogens is 3. The summed E-state index contributed by atoms with van der Waals surface area (Å²) in [6.45, 7) is -1.07. The largest absolute Gasteiger partial charge is 0.496 e. The number of carbonyl (C=O) groups is 2. The summed E-state index contributed by atoms with van der Waals surface area (Å²) in [6.07, 6.45) is -4.79. The maximum absolute atomic E-state index is 12.9. The maximum atomic E-state index is 12.9. The van der Waals surface area contributed by atoms with Crippen molar-refractivity contribution >= 4 is 11.9 Å². The molecule has 0 unspecified atom stereocenters. The van der Waals surface area contributed by atoms with Crippen molar-refractivity contribution in [3.63, 3.8) is 0 Å². The van der Waals surface area contributed by atoms with E-state index in [2.05, 4.69) is 0 Å². The van der Waals surface area contributed by atoms with Gasteiger partial charge in [0.1, 0.15) is 5.75 Å². The van der Waals surface area contributed by atoms with Gasteiger partial charge in [-0.1, -0.05) is 18.2 Å². The number of rotatable bonds is 4. The van der Waals surface area contributed by atoms with Gasteiger partial charge in [-0.05, 0) is 6.07 Å². The zero-order valence-electron chi connectivity index (χ0n) is 12.3. The number of hydrogen-bond donors (Lipinski definition) is 1. The minimum absolute atomic E-state index is 0.138. The van der Waals surface area contributed by atoms with E-state index in [9.17, 15) is 22.8 Å². The molecule has 0 aliphatic carbocycles. The molecule has 5 nitrogen and oxygen atoms in total. The van der Waals surface area contributed by atoms with Crippen molar-refractivity contribution in [2.45, 2.75) is 12.6 Å². The van der Waals surface area contributed by atoms with Crippen LogP contribution in [-0.4, -0.2) is 48.3 Å². The third-order valence-corrected chi connectivity index (χ3v) is 3.94. The third-order valence-electron chi connectivity index (χ3n) is 3.94. The van der Waals surface area contributed by atoms with E-state index in [4.69, 9.17) is 9.84 Å². The van der Waals surface area contributed by atoms with Crippen molar-refractivity contribution in [1.82, 2.24) is 4.90 Å². The number of methoxy groups -OCH3 is 1. The Bertz CT molecular complexity index is 603. The lowest BCUT2D eigenvalue weighted by Gasteiger charge is -2.18. The van der Waals surface area contributed by atoms with E-state index >= 15 is 0 Å². The van der Waals surface area contributed by atoms with Crippen molar-refractivity contribution in [3.05, 3.63) is 29.8 Å². The molecular weight excluding hydrogens is 315 g/mol. The number of carboxylic acid groups (broad SMARTS) is 1. The molecule has 1 saturated heterocycles. The minimum Gasteiger partial charge on any atom is -0.496 e. The second-order valence-electron chi connectivity index (χ2n) is 5.38. The number of nitrogens with zero attached hydrogens (tertiary/aromatic N) is 1. The zero-order valence-corrected chi connectivity index (χ0v) is 12.3. The van der Waals surface area contributed by atoms with Crippen LogP contribution in [0.3, 0.4) is 0 Å². The number of ether oxygens (including phenoxy) is 1. The highest BCUT2D eigenvalue weighted by Crippen LogP contribution is 2.38. The number of benzene rings is 1. The van der Waals surface area contributed by atoms with E-state index < -0.39 is 43.0 Å².